The van der Waals surface area contributed by atoms with E-state index >= 15 is 0 Å². The van der Waals surface area contributed by atoms with Gasteiger partial charge in [0, 0.05) is 0 Å². The molecule has 0 saturated heterocycles. The molecule has 0 heterocycles. The molecule has 0 fully saturated rings. The van der Waals surface area contributed by atoms with Crippen LogP contribution in [0.3, 0.4) is 0 Å². The molecule has 2 N–H and O–H groups in total. The van der Waals surface area contributed by atoms with E-state index in [2.05, 4.69) is 0 Å². The van der Waals surface area contributed by atoms with Crippen LogP contribution in [0.15, 0.2) is 42.5 Å². The highest BCUT2D eigenvalue weighted by atomic mass is 16.4. The molecule has 4 heteroatoms. The van der Waals surface area contributed by atoms with Gasteiger partial charge in [-0.3, -0.25) is 0 Å². The van der Waals surface area contributed by atoms with Crippen LogP contribution in [0.4, 0.5) is 0 Å². The van der Waals surface area contributed by atoms with Crippen molar-refractivity contribution in [3.63, 3.8) is 0 Å². The van der Waals surface area contributed by atoms with Crippen LogP contribution in [0, 0.1) is 6.92 Å². The highest BCUT2D eigenvalue weighted by molar-refractivity contribution is 5.97. The molecule has 0 aliphatic carbocycles. The molecule has 2 aromatic rings. The number of rotatable bonds is 3. The van der Waals surface area contributed by atoms with Gasteiger partial charge in [-0.05, 0) is 36.2 Å². The second kappa shape index (κ2) is 4.94. The van der Waals surface area contributed by atoms with E-state index in [1.807, 2.05) is 6.92 Å². The second-order valence-electron chi connectivity index (χ2n) is 4.24. The van der Waals surface area contributed by atoms with Crippen molar-refractivity contribution in [2.45, 2.75) is 6.92 Å². The van der Waals surface area contributed by atoms with Crippen LogP contribution in [-0.2, 0) is 0 Å². The van der Waals surface area contributed by atoms with Gasteiger partial charge >= 0.3 is 11.9 Å². The van der Waals surface area contributed by atoms with Gasteiger partial charge in [-0.2, -0.15) is 0 Å². The Bertz CT molecular complexity index is 659. The van der Waals surface area contributed by atoms with Gasteiger partial charge in [0.05, 0.1) is 11.1 Å². The Hall–Kier alpha value is -2.62. The van der Waals surface area contributed by atoms with Gasteiger partial charge in [0.1, 0.15) is 0 Å². The fourth-order valence-electron chi connectivity index (χ4n) is 1.91. The number of carboxylic acid groups (broad SMARTS) is 2. The average Bonchev–Trinajstić information content (AvgIpc) is 2.38. The molecule has 96 valence electrons. The maximum atomic E-state index is 11.2. The Morgan fingerprint density at radius 3 is 2.32 bits per heavy atom. The summed E-state index contributed by atoms with van der Waals surface area (Å²) in [6.45, 7) is 1.81. The molecule has 0 bridgehead atoms. The Labute approximate surface area is 109 Å². The number of carbonyl (C=O) groups is 2. The summed E-state index contributed by atoms with van der Waals surface area (Å²) in [5.74, 6) is -2.06. The molecule has 0 aliphatic rings. The van der Waals surface area contributed by atoms with E-state index in [0.717, 1.165) is 5.56 Å². The van der Waals surface area contributed by atoms with Crippen molar-refractivity contribution >= 4 is 11.9 Å². The van der Waals surface area contributed by atoms with Crippen LogP contribution < -0.4 is 0 Å². The molecule has 0 unspecified atom stereocenters. The third-order valence-electron chi connectivity index (χ3n) is 2.83. The second-order valence-corrected chi connectivity index (χ2v) is 4.24. The molecular weight excluding hydrogens is 244 g/mol. The van der Waals surface area contributed by atoms with Gasteiger partial charge in [0.2, 0.25) is 0 Å². The molecule has 19 heavy (non-hydrogen) atoms. The molecule has 0 spiro atoms. The van der Waals surface area contributed by atoms with Crippen molar-refractivity contribution in [1.82, 2.24) is 0 Å². The monoisotopic (exact) mass is 256 g/mol. The predicted octanol–water partition coefficient (Wildman–Crippen LogP) is 3.06. The minimum Gasteiger partial charge on any atom is -0.478 e. The highest BCUT2D eigenvalue weighted by Gasteiger charge is 2.13. The summed E-state index contributed by atoms with van der Waals surface area (Å²) in [4.78, 5) is 22.2. The molecule has 0 aromatic heterocycles. The smallest absolute Gasteiger partial charge is 0.336 e. The number of carboxylic acids is 2. The fourth-order valence-corrected chi connectivity index (χ4v) is 1.91. The Kier molecular flexibility index (Phi) is 3.33. The maximum absolute atomic E-state index is 11.2. The first-order chi connectivity index (χ1) is 8.99. The predicted molar refractivity (Wildman–Crippen MR) is 70.5 cm³/mol. The minimum atomic E-state index is -1.04. The minimum absolute atomic E-state index is 0.134. The van der Waals surface area contributed by atoms with Crippen molar-refractivity contribution in [3.8, 4) is 11.1 Å². The summed E-state index contributed by atoms with van der Waals surface area (Å²) in [5.41, 5.74) is 2.24. The zero-order chi connectivity index (χ0) is 14.0. The molecular formula is C15H12O4. The van der Waals surface area contributed by atoms with Crippen molar-refractivity contribution in [2.75, 3.05) is 0 Å². The van der Waals surface area contributed by atoms with Gasteiger partial charge < -0.3 is 10.2 Å². The number of hydrogen-bond donors (Lipinski definition) is 2. The van der Waals surface area contributed by atoms with E-state index in [1.54, 1.807) is 30.3 Å². The standard InChI is InChI=1S/C15H12O4/c1-9-5-6-12(13(7-9)15(18)19)10-3-2-4-11(8-10)14(16)17/h2-8H,1H3,(H,16,17)(H,18,19). The number of hydrogen-bond acceptors (Lipinski definition) is 2. The lowest BCUT2D eigenvalue weighted by Crippen LogP contribution is -2.01. The van der Waals surface area contributed by atoms with E-state index in [0.29, 0.717) is 11.1 Å². The zero-order valence-corrected chi connectivity index (χ0v) is 10.3. The third-order valence-corrected chi connectivity index (χ3v) is 2.83. The first-order valence-electron chi connectivity index (χ1n) is 5.66. The van der Waals surface area contributed by atoms with Gasteiger partial charge in [0.25, 0.3) is 0 Å². The molecule has 0 amide bonds. The van der Waals surface area contributed by atoms with Crippen LogP contribution in [0.2, 0.25) is 0 Å². The summed E-state index contributed by atoms with van der Waals surface area (Å²) < 4.78 is 0. The quantitative estimate of drug-likeness (QED) is 0.885. The topological polar surface area (TPSA) is 74.6 Å². The van der Waals surface area contributed by atoms with Crippen molar-refractivity contribution in [2.24, 2.45) is 0 Å². The average molecular weight is 256 g/mol. The molecule has 0 saturated carbocycles. The third kappa shape index (κ3) is 2.63. The van der Waals surface area contributed by atoms with Gasteiger partial charge in [-0.25, -0.2) is 9.59 Å². The summed E-state index contributed by atoms with van der Waals surface area (Å²) in [5, 5.41) is 18.2. The van der Waals surface area contributed by atoms with E-state index in [9.17, 15) is 14.7 Å². The fraction of sp³-hybridized carbons (Fsp3) is 0.0667. The first kappa shape index (κ1) is 12.8. The lowest BCUT2D eigenvalue weighted by molar-refractivity contribution is 0.0687. The molecule has 4 nitrogen and oxygen atoms in total. The lowest BCUT2D eigenvalue weighted by Gasteiger charge is -2.08. The van der Waals surface area contributed by atoms with E-state index in [1.165, 1.54) is 12.1 Å². The molecule has 2 rings (SSSR count). The van der Waals surface area contributed by atoms with Crippen LogP contribution in [0.5, 0.6) is 0 Å². The highest BCUT2D eigenvalue weighted by Crippen LogP contribution is 2.25. The van der Waals surface area contributed by atoms with Crippen molar-refractivity contribution in [3.05, 3.63) is 59.2 Å². The van der Waals surface area contributed by atoms with Crippen molar-refractivity contribution in [1.29, 1.82) is 0 Å². The summed E-state index contributed by atoms with van der Waals surface area (Å²) in [6.07, 6.45) is 0. The van der Waals surface area contributed by atoms with Crippen molar-refractivity contribution < 1.29 is 19.8 Å². The Morgan fingerprint density at radius 2 is 1.68 bits per heavy atom. The van der Waals surface area contributed by atoms with Gasteiger partial charge in [-0.15, -0.1) is 0 Å². The molecule has 2 aromatic carbocycles. The van der Waals surface area contributed by atoms with E-state index in [4.69, 9.17) is 5.11 Å². The molecule has 0 atom stereocenters. The van der Waals surface area contributed by atoms with Gasteiger partial charge in [0.15, 0.2) is 0 Å². The zero-order valence-electron chi connectivity index (χ0n) is 10.3. The SMILES string of the molecule is Cc1ccc(-c2cccc(C(=O)O)c2)c(C(=O)O)c1. The normalized spacial score (nSPS) is 10.2. The molecule has 0 radical (unpaired) electrons. The van der Waals surface area contributed by atoms with Gasteiger partial charge in [-0.1, -0.05) is 29.8 Å². The number of benzene rings is 2. The summed E-state index contributed by atoms with van der Waals surface area (Å²) >= 11 is 0. The van der Waals surface area contributed by atoms with Crippen LogP contribution >= 0.6 is 0 Å². The Balaban J connectivity index is 2.61. The maximum Gasteiger partial charge on any atom is 0.336 e. The first-order valence-corrected chi connectivity index (χ1v) is 5.66. The number of aryl methyl sites for hydroxylation is 1. The Morgan fingerprint density at radius 1 is 0.947 bits per heavy atom. The summed E-state index contributed by atoms with van der Waals surface area (Å²) in [6, 6.07) is 11.3. The molecule has 0 aliphatic heterocycles. The lowest BCUT2D eigenvalue weighted by atomic mass is 9.96. The summed E-state index contributed by atoms with van der Waals surface area (Å²) in [7, 11) is 0. The van der Waals surface area contributed by atoms with E-state index in [-0.39, 0.29) is 11.1 Å². The number of aromatic carboxylic acids is 2. The largest absolute Gasteiger partial charge is 0.478 e. The van der Waals surface area contributed by atoms with Crippen LogP contribution in [0.1, 0.15) is 26.3 Å². The van der Waals surface area contributed by atoms with Crippen LogP contribution in [-0.4, -0.2) is 22.2 Å². The van der Waals surface area contributed by atoms with E-state index < -0.39 is 11.9 Å². The van der Waals surface area contributed by atoms with Crippen LogP contribution in [0.25, 0.3) is 11.1 Å².